The molecule has 0 aliphatic heterocycles. The molecule has 3 N–H and O–H groups in total. The van der Waals surface area contributed by atoms with Gasteiger partial charge in [0.25, 0.3) is 11.5 Å². The highest BCUT2D eigenvalue weighted by Gasteiger charge is 2.18. The van der Waals surface area contributed by atoms with Crippen LogP contribution in [0.25, 0.3) is 0 Å². The summed E-state index contributed by atoms with van der Waals surface area (Å²) in [6.45, 7) is 0.652. The number of benzene rings is 1. The Hall–Kier alpha value is -3.92. The van der Waals surface area contributed by atoms with Crippen LogP contribution >= 0.6 is 0 Å². The first-order chi connectivity index (χ1) is 15.0. The van der Waals surface area contributed by atoms with Crippen LogP contribution in [0.15, 0.2) is 58.3 Å². The second kappa shape index (κ2) is 10.2. The molecule has 0 radical (unpaired) electrons. The third-order valence-electron chi connectivity index (χ3n) is 4.47. The Morgan fingerprint density at radius 3 is 2.55 bits per heavy atom. The number of anilines is 2. The van der Waals surface area contributed by atoms with E-state index in [1.165, 1.54) is 31.0 Å². The summed E-state index contributed by atoms with van der Waals surface area (Å²) in [5, 5.41) is 5.69. The maximum absolute atomic E-state index is 12.8. The van der Waals surface area contributed by atoms with Crippen molar-refractivity contribution in [3.05, 3.63) is 80.6 Å². The number of methoxy groups -OCH3 is 2. The molecular weight excluding hydrogens is 402 g/mol. The Morgan fingerprint density at radius 1 is 1.13 bits per heavy atom. The third kappa shape index (κ3) is 5.37. The van der Waals surface area contributed by atoms with E-state index < -0.39 is 17.2 Å². The van der Waals surface area contributed by atoms with Crippen LogP contribution in [0.5, 0.6) is 5.88 Å². The third-order valence-corrected chi connectivity index (χ3v) is 4.47. The van der Waals surface area contributed by atoms with Crippen LogP contribution in [0.3, 0.4) is 0 Å². The molecule has 0 aliphatic carbocycles. The number of nitrogens with zero attached hydrogens (tertiary/aromatic N) is 2. The largest absolute Gasteiger partial charge is 0.481 e. The van der Waals surface area contributed by atoms with Crippen LogP contribution in [0.1, 0.15) is 15.9 Å². The number of aromatic nitrogens is 3. The minimum atomic E-state index is -0.657. The normalized spacial score (nSPS) is 10.5. The van der Waals surface area contributed by atoms with Gasteiger partial charge < -0.3 is 20.1 Å². The predicted molar refractivity (Wildman–Crippen MR) is 116 cm³/mol. The summed E-state index contributed by atoms with van der Waals surface area (Å²) in [4.78, 5) is 44.1. The monoisotopic (exact) mass is 425 g/mol. The summed E-state index contributed by atoms with van der Waals surface area (Å²) in [7, 11) is 2.96. The first kappa shape index (κ1) is 21.8. The highest BCUT2D eigenvalue weighted by molar-refractivity contribution is 6.05. The molecule has 0 fully saturated rings. The summed E-state index contributed by atoms with van der Waals surface area (Å²) in [5.74, 6) is -0.133. The van der Waals surface area contributed by atoms with Crippen molar-refractivity contribution in [3.63, 3.8) is 0 Å². The van der Waals surface area contributed by atoms with Gasteiger partial charge in [-0.25, -0.2) is 9.78 Å². The zero-order valence-electron chi connectivity index (χ0n) is 17.2. The number of ether oxygens (including phenoxy) is 2. The lowest BCUT2D eigenvalue weighted by Crippen LogP contribution is -2.36. The smallest absolute Gasteiger partial charge is 0.330 e. The first-order valence-corrected chi connectivity index (χ1v) is 9.48. The Labute approximate surface area is 177 Å². The van der Waals surface area contributed by atoms with Crippen molar-refractivity contribution in [2.24, 2.45) is 0 Å². The zero-order chi connectivity index (χ0) is 22.2. The molecule has 1 amide bonds. The molecule has 162 valence electrons. The first-order valence-electron chi connectivity index (χ1n) is 9.48. The van der Waals surface area contributed by atoms with E-state index in [-0.39, 0.29) is 30.2 Å². The summed E-state index contributed by atoms with van der Waals surface area (Å²) in [6.07, 6.45) is 1.34. The molecule has 31 heavy (non-hydrogen) atoms. The fourth-order valence-corrected chi connectivity index (χ4v) is 2.86. The fraction of sp³-hybridized carbons (Fsp3) is 0.238. The van der Waals surface area contributed by atoms with Gasteiger partial charge in [0.15, 0.2) is 0 Å². The summed E-state index contributed by atoms with van der Waals surface area (Å²) in [6, 6.07) is 12.5. The molecule has 0 atom stereocenters. The average Bonchev–Trinajstić information content (AvgIpc) is 2.79. The molecule has 10 heteroatoms. The molecule has 0 aliphatic rings. The highest BCUT2D eigenvalue weighted by Crippen LogP contribution is 2.18. The molecule has 3 aromatic rings. The highest BCUT2D eigenvalue weighted by atomic mass is 16.5. The Morgan fingerprint density at radius 2 is 1.90 bits per heavy atom. The van der Waals surface area contributed by atoms with Gasteiger partial charge in [-0.1, -0.05) is 30.3 Å². The number of hydrogen-bond donors (Lipinski definition) is 3. The van der Waals surface area contributed by atoms with E-state index in [1.54, 1.807) is 6.07 Å². The Balaban J connectivity index is 1.97. The standard InChI is InChI=1S/C21H23N5O5/c1-30-11-10-26-18(24-19(27)15-8-9-16(31-2)22-13-15)17(20(28)25-21(26)29)23-12-14-6-4-3-5-7-14/h3-9,13,23H,10-12H2,1-2H3,(H,24,27)(H,25,28,29). The van der Waals surface area contributed by atoms with Gasteiger partial charge in [-0.05, 0) is 11.6 Å². The molecular formula is C21H23N5O5. The number of nitrogens with one attached hydrogen (secondary N) is 3. The SMILES string of the molecule is COCCn1c(NC(=O)c2ccc(OC)nc2)c(NCc2ccccc2)c(=O)[nH]c1=O. The minimum absolute atomic E-state index is 0.0440. The number of carbonyl (C=O) groups excluding carboxylic acids is 1. The van der Waals surface area contributed by atoms with E-state index in [0.717, 1.165) is 5.56 Å². The molecule has 10 nitrogen and oxygen atoms in total. The van der Waals surface area contributed by atoms with Crippen molar-refractivity contribution in [3.8, 4) is 5.88 Å². The van der Waals surface area contributed by atoms with Crippen LogP contribution in [0.2, 0.25) is 0 Å². The zero-order valence-corrected chi connectivity index (χ0v) is 17.2. The van der Waals surface area contributed by atoms with Crippen molar-refractivity contribution in [2.75, 3.05) is 31.5 Å². The van der Waals surface area contributed by atoms with Crippen LogP contribution in [-0.2, 0) is 17.8 Å². The van der Waals surface area contributed by atoms with Gasteiger partial charge in [-0.15, -0.1) is 0 Å². The lowest BCUT2D eigenvalue weighted by atomic mass is 10.2. The van der Waals surface area contributed by atoms with Crippen LogP contribution < -0.4 is 26.6 Å². The number of carbonyl (C=O) groups is 1. The van der Waals surface area contributed by atoms with E-state index in [2.05, 4.69) is 20.6 Å². The molecule has 0 spiro atoms. The van der Waals surface area contributed by atoms with E-state index in [0.29, 0.717) is 12.4 Å². The molecule has 0 saturated heterocycles. The molecule has 2 aromatic heterocycles. The lowest BCUT2D eigenvalue weighted by Gasteiger charge is -2.17. The number of aromatic amines is 1. The van der Waals surface area contributed by atoms with Crippen LogP contribution in [0, 0.1) is 0 Å². The number of hydrogen-bond acceptors (Lipinski definition) is 7. The number of pyridine rings is 1. The average molecular weight is 425 g/mol. The molecule has 1 aromatic carbocycles. The van der Waals surface area contributed by atoms with Gasteiger partial charge in [0.2, 0.25) is 5.88 Å². The molecule has 0 unspecified atom stereocenters. The van der Waals surface area contributed by atoms with Crippen molar-refractivity contribution < 1.29 is 14.3 Å². The van der Waals surface area contributed by atoms with Gasteiger partial charge in [-0.2, -0.15) is 0 Å². The summed E-state index contributed by atoms with van der Waals surface area (Å²) < 4.78 is 11.3. The van der Waals surface area contributed by atoms with Crippen molar-refractivity contribution >= 4 is 17.4 Å². The second-order valence-electron chi connectivity index (χ2n) is 6.51. The Kier molecular flexibility index (Phi) is 7.17. The molecule has 0 saturated carbocycles. The maximum Gasteiger partial charge on any atom is 0.330 e. The van der Waals surface area contributed by atoms with Gasteiger partial charge in [0.05, 0.1) is 25.8 Å². The van der Waals surface area contributed by atoms with Gasteiger partial charge in [0.1, 0.15) is 11.5 Å². The topological polar surface area (TPSA) is 127 Å². The van der Waals surface area contributed by atoms with Crippen LogP contribution in [-0.4, -0.2) is 41.3 Å². The molecule has 0 bridgehead atoms. The summed E-state index contributed by atoms with van der Waals surface area (Å²) >= 11 is 0. The van der Waals surface area contributed by atoms with Crippen molar-refractivity contribution in [2.45, 2.75) is 13.1 Å². The predicted octanol–water partition coefficient (Wildman–Crippen LogP) is 1.45. The fourth-order valence-electron chi connectivity index (χ4n) is 2.86. The van der Waals surface area contributed by atoms with Crippen molar-refractivity contribution in [1.29, 1.82) is 0 Å². The Bertz CT molecular complexity index is 1140. The number of amides is 1. The van der Waals surface area contributed by atoms with Crippen molar-refractivity contribution in [1.82, 2.24) is 14.5 Å². The minimum Gasteiger partial charge on any atom is -0.481 e. The van der Waals surface area contributed by atoms with Gasteiger partial charge >= 0.3 is 5.69 Å². The van der Waals surface area contributed by atoms with Crippen LogP contribution in [0.4, 0.5) is 11.5 Å². The molecule has 2 heterocycles. The quantitative estimate of drug-likeness (QED) is 0.473. The number of rotatable bonds is 9. The summed E-state index contributed by atoms with van der Waals surface area (Å²) in [5.41, 5.74) is -0.0726. The van der Waals surface area contributed by atoms with Gasteiger partial charge in [-0.3, -0.25) is 19.1 Å². The van der Waals surface area contributed by atoms with E-state index in [9.17, 15) is 14.4 Å². The second-order valence-corrected chi connectivity index (χ2v) is 6.51. The van der Waals surface area contributed by atoms with E-state index >= 15 is 0 Å². The number of H-pyrrole nitrogens is 1. The lowest BCUT2D eigenvalue weighted by molar-refractivity contribution is 0.102. The maximum atomic E-state index is 12.8. The van der Waals surface area contributed by atoms with E-state index in [4.69, 9.17) is 9.47 Å². The molecule has 3 rings (SSSR count). The van der Waals surface area contributed by atoms with Gasteiger partial charge in [0, 0.05) is 25.9 Å². The van der Waals surface area contributed by atoms with E-state index in [1.807, 2.05) is 30.3 Å².